The number of nitrogens with one attached hydrogen (secondary N) is 2. The molecule has 25 heavy (non-hydrogen) atoms. The van der Waals surface area contributed by atoms with Gasteiger partial charge in [-0.1, -0.05) is 12.1 Å². The molecule has 3 rings (SSSR count). The minimum absolute atomic E-state index is 0.174. The summed E-state index contributed by atoms with van der Waals surface area (Å²) in [6, 6.07) is 12.3. The fourth-order valence-corrected chi connectivity index (χ4v) is 3.11. The fourth-order valence-electron chi connectivity index (χ4n) is 2.54. The Balaban J connectivity index is 1.67. The van der Waals surface area contributed by atoms with E-state index in [1.54, 1.807) is 30.5 Å². The summed E-state index contributed by atoms with van der Waals surface area (Å²) in [6.45, 7) is 1.98. The summed E-state index contributed by atoms with van der Waals surface area (Å²) in [7, 11) is -3.32. The number of benzene rings is 2. The van der Waals surface area contributed by atoms with Crippen molar-refractivity contribution in [1.82, 2.24) is 0 Å². The number of carbonyl (C=O) groups excluding carboxylic acids is 1. The van der Waals surface area contributed by atoms with E-state index in [0.29, 0.717) is 11.4 Å². The van der Waals surface area contributed by atoms with E-state index < -0.39 is 10.0 Å². The molecule has 6 nitrogen and oxygen atoms in total. The second kappa shape index (κ2) is 6.60. The lowest BCUT2D eigenvalue weighted by Gasteiger charge is -2.07. The Kier molecular flexibility index (Phi) is 4.50. The highest BCUT2D eigenvalue weighted by atomic mass is 32.2. The first-order chi connectivity index (χ1) is 11.8. The van der Waals surface area contributed by atoms with Crippen LogP contribution in [0.3, 0.4) is 0 Å². The third kappa shape index (κ3) is 4.39. The van der Waals surface area contributed by atoms with Crippen molar-refractivity contribution in [2.45, 2.75) is 13.3 Å². The number of anilines is 2. The summed E-state index contributed by atoms with van der Waals surface area (Å²) in [4.78, 5) is 12.2. The Labute approximate surface area is 145 Å². The van der Waals surface area contributed by atoms with Crippen molar-refractivity contribution in [1.29, 1.82) is 0 Å². The fraction of sp³-hybridized carbons (Fsp3) is 0.167. The van der Waals surface area contributed by atoms with E-state index in [1.165, 1.54) is 0 Å². The quantitative estimate of drug-likeness (QED) is 0.732. The van der Waals surface area contributed by atoms with Gasteiger partial charge in [0.05, 0.1) is 18.9 Å². The maximum atomic E-state index is 12.2. The van der Waals surface area contributed by atoms with Crippen LogP contribution < -0.4 is 10.0 Å². The second-order valence-corrected chi connectivity index (χ2v) is 7.69. The van der Waals surface area contributed by atoms with Crippen LogP contribution in [-0.4, -0.2) is 20.6 Å². The van der Waals surface area contributed by atoms with Gasteiger partial charge >= 0.3 is 0 Å². The van der Waals surface area contributed by atoms with Crippen molar-refractivity contribution in [3.8, 4) is 0 Å². The van der Waals surface area contributed by atoms with Gasteiger partial charge in [-0.25, -0.2) is 8.42 Å². The predicted molar refractivity (Wildman–Crippen MR) is 98.2 cm³/mol. The molecule has 7 heteroatoms. The van der Waals surface area contributed by atoms with Gasteiger partial charge < -0.3 is 9.73 Å². The molecule has 0 aliphatic heterocycles. The largest absolute Gasteiger partial charge is 0.464 e. The highest BCUT2D eigenvalue weighted by Crippen LogP contribution is 2.23. The highest BCUT2D eigenvalue weighted by molar-refractivity contribution is 7.92. The molecule has 0 aliphatic carbocycles. The molecule has 0 unspecified atom stereocenters. The van der Waals surface area contributed by atoms with Crippen LogP contribution in [0.1, 0.15) is 11.1 Å². The second-order valence-electron chi connectivity index (χ2n) is 5.94. The summed E-state index contributed by atoms with van der Waals surface area (Å²) in [5, 5.41) is 3.71. The third-order valence-electron chi connectivity index (χ3n) is 3.63. The zero-order valence-electron chi connectivity index (χ0n) is 13.9. The summed E-state index contributed by atoms with van der Waals surface area (Å²) in [6.07, 6.45) is 2.88. The molecule has 130 valence electrons. The average molecular weight is 358 g/mol. The summed E-state index contributed by atoms with van der Waals surface area (Å²) in [5.74, 6) is -0.174. The topological polar surface area (TPSA) is 88.4 Å². The van der Waals surface area contributed by atoms with Gasteiger partial charge in [-0.3, -0.25) is 9.52 Å². The van der Waals surface area contributed by atoms with Gasteiger partial charge in [-0.2, -0.15) is 0 Å². The van der Waals surface area contributed by atoms with E-state index in [4.69, 9.17) is 4.42 Å². The molecular formula is C18H18N2O4S. The van der Waals surface area contributed by atoms with Crippen molar-refractivity contribution in [2.75, 3.05) is 16.3 Å². The Bertz CT molecular complexity index is 1020. The zero-order chi connectivity index (χ0) is 18.0. The van der Waals surface area contributed by atoms with Crippen LogP contribution in [0.2, 0.25) is 0 Å². The molecule has 1 heterocycles. The molecule has 0 aliphatic rings. The Hall–Kier alpha value is -2.80. The van der Waals surface area contributed by atoms with Gasteiger partial charge in [0.15, 0.2) is 0 Å². The van der Waals surface area contributed by atoms with E-state index in [9.17, 15) is 13.2 Å². The molecule has 0 bridgehead atoms. The molecule has 0 atom stereocenters. The summed E-state index contributed by atoms with van der Waals surface area (Å²) < 4.78 is 30.2. The summed E-state index contributed by atoms with van der Waals surface area (Å²) >= 11 is 0. The summed E-state index contributed by atoms with van der Waals surface area (Å²) in [5.41, 5.74) is 3.71. The molecule has 0 radical (unpaired) electrons. The van der Waals surface area contributed by atoms with E-state index in [-0.39, 0.29) is 12.3 Å². The monoisotopic (exact) mass is 358 g/mol. The van der Waals surface area contributed by atoms with Gasteiger partial charge in [0, 0.05) is 22.3 Å². The number of amides is 1. The normalized spacial score (nSPS) is 11.4. The van der Waals surface area contributed by atoms with Gasteiger partial charge in [0.1, 0.15) is 5.58 Å². The molecule has 1 amide bonds. The van der Waals surface area contributed by atoms with Gasteiger partial charge in [0.25, 0.3) is 0 Å². The van der Waals surface area contributed by atoms with Crippen molar-refractivity contribution in [3.63, 3.8) is 0 Å². The number of hydrogen-bond acceptors (Lipinski definition) is 4. The number of hydrogen-bond donors (Lipinski definition) is 2. The van der Waals surface area contributed by atoms with Crippen molar-refractivity contribution in [3.05, 3.63) is 59.9 Å². The minimum atomic E-state index is -3.32. The van der Waals surface area contributed by atoms with Gasteiger partial charge in [-0.15, -0.1) is 0 Å². The van der Waals surface area contributed by atoms with E-state index in [1.807, 2.05) is 25.1 Å². The SMILES string of the molecule is Cc1ccc2c(CC(=O)Nc3ccc(NS(C)(=O)=O)cc3)coc2c1. The van der Waals surface area contributed by atoms with Crippen LogP contribution in [0.25, 0.3) is 11.0 Å². The number of aryl methyl sites for hydroxylation is 1. The zero-order valence-corrected chi connectivity index (χ0v) is 14.7. The first kappa shape index (κ1) is 17.0. The Morgan fingerprint density at radius 2 is 1.76 bits per heavy atom. The molecule has 0 saturated heterocycles. The van der Waals surface area contributed by atoms with Crippen LogP contribution in [-0.2, 0) is 21.2 Å². The van der Waals surface area contributed by atoms with Crippen molar-refractivity contribution >= 4 is 38.3 Å². The average Bonchev–Trinajstić information content (AvgIpc) is 2.90. The van der Waals surface area contributed by atoms with Crippen LogP contribution in [0.15, 0.2) is 53.1 Å². The van der Waals surface area contributed by atoms with Crippen LogP contribution in [0, 0.1) is 6.92 Å². The third-order valence-corrected chi connectivity index (χ3v) is 4.24. The number of carbonyl (C=O) groups is 1. The molecular weight excluding hydrogens is 340 g/mol. The molecule has 1 aromatic heterocycles. The lowest BCUT2D eigenvalue weighted by atomic mass is 10.1. The maximum Gasteiger partial charge on any atom is 0.229 e. The number of furan rings is 1. The lowest BCUT2D eigenvalue weighted by molar-refractivity contribution is -0.115. The van der Waals surface area contributed by atoms with Gasteiger partial charge in [-0.05, 0) is 42.8 Å². The maximum absolute atomic E-state index is 12.2. The van der Waals surface area contributed by atoms with Crippen LogP contribution in [0.5, 0.6) is 0 Å². The first-order valence-corrected chi connectivity index (χ1v) is 9.54. The van der Waals surface area contributed by atoms with E-state index in [0.717, 1.165) is 28.4 Å². The van der Waals surface area contributed by atoms with E-state index >= 15 is 0 Å². The smallest absolute Gasteiger partial charge is 0.229 e. The first-order valence-electron chi connectivity index (χ1n) is 7.64. The molecule has 0 spiro atoms. The molecule has 2 N–H and O–H groups in total. The van der Waals surface area contributed by atoms with Crippen LogP contribution >= 0.6 is 0 Å². The number of sulfonamides is 1. The molecule has 3 aromatic rings. The molecule has 2 aromatic carbocycles. The van der Waals surface area contributed by atoms with Gasteiger partial charge in [0.2, 0.25) is 15.9 Å². The minimum Gasteiger partial charge on any atom is -0.464 e. The van der Waals surface area contributed by atoms with Crippen molar-refractivity contribution < 1.29 is 17.6 Å². The lowest BCUT2D eigenvalue weighted by Crippen LogP contribution is -2.14. The molecule has 0 saturated carbocycles. The number of rotatable bonds is 5. The standard InChI is InChI=1S/C18H18N2O4S/c1-12-3-8-16-13(11-24-17(16)9-12)10-18(21)19-14-4-6-15(7-5-14)20-25(2,22)23/h3-9,11,20H,10H2,1-2H3,(H,19,21). The Morgan fingerprint density at radius 3 is 2.44 bits per heavy atom. The molecule has 0 fully saturated rings. The van der Waals surface area contributed by atoms with Crippen molar-refractivity contribution in [2.24, 2.45) is 0 Å². The highest BCUT2D eigenvalue weighted by Gasteiger charge is 2.11. The predicted octanol–water partition coefficient (Wildman–Crippen LogP) is 3.29. The van der Waals surface area contributed by atoms with Crippen LogP contribution in [0.4, 0.5) is 11.4 Å². The Morgan fingerprint density at radius 1 is 1.08 bits per heavy atom. The van der Waals surface area contributed by atoms with E-state index in [2.05, 4.69) is 10.0 Å². The number of fused-ring (bicyclic) bond motifs is 1.